The minimum atomic E-state index is -0.522. The average Bonchev–Trinajstić information content (AvgIpc) is 2.41. The van der Waals surface area contributed by atoms with E-state index < -0.39 is 11.8 Å². The van der Waals surface area contributed by atoms with Gasteiger partial charge < -0.3 is 16.8 Å². The van der Waals surface area contributed by atoms with Crippen molar-refractivity contribution in [3.8, 4) is 0 Å². The number of rotatable bonds is 2. The van der Waals surface area contributed by atoms with Gasteiger partial charge in [-0.3, -0.25) is 9.59 Å². The molecule has 0 radical (unpaired) electrons. The van der Waals surface area contributed by atoms with Crippen molar-refractivity contribution in [1.82, 2.24) is 5.32 Å². The Morgan fingerprint density at radius 2 is 1.22 bits per heavy atom. The lowest BCUT2D eigenvalue weighted by molar-refractivity contribution is 0.0988. The van der Waals surface area contributed by atoms with Crippen molar-refractivity contribution in [2.24, 2.45) is 11.5 Å². The van der Waals surface area contributed by atoms with Gasteiger partial charge in [0.2, 0.25) is 11.8 Å². The molecule has 0 atom stereocenters. The van der Waals surface area contributed by atoms with Crippen LogP contribution in [0.15, 0.2) is 24.3 Å². The molecule has 1 aliphatic rings. The first-order chi connectivity index (χ1) is 8.61. The maximum Gasteiger partial charge on any atom is 0.248 e. The summed E-state index contributed by atoms with van der Waals surface area (Å²) in [6.45, 7) is 2.50. The summed E-state index contributed by atoms with van der Waals surface area (Å²) in [4.78, 5) is 21.2. The summed E-state index contributed by atoms with van der Waals surface area (Å²) in [5.74, 6) is -1.04. The van der Waals surface area contributed by atoms with Crippen LogP contribution in [0.4, 0.5) is 0 Å². The number of hydrogen-bond donors (Lipinski definition) is 3. The topological polar surface area (TPSA) is 98.2 Å². The van der Waals surface area contributed by atoms with Crippen LogP contribution >= 0.6 is 0 Å². The van der Waals surface area contributed by atoms with Crippen molar-refractivity contribution in [2.75, 3.05) is 13.1 Å². The van der Waals surface area contributed by atoms with E-state index in [2.05, 4.69) is 5.32 Å². The molecule has 1 heterocycles. The molecule has 0 aliphatic carbocycles. The van der Waals surface area contributed by atoms with Crippen LogP contribution in [0.1, 0.15) is 40.0 Å². The first-order valence-corrected chi connectivity index (χ1v) is 6.01. The second-order valence-electron chi connectivity index (χ2n) is 4.12. The van der Waals surface area contributed by atoms with Gasteiger partial charge in [-0.2, -0.15) is 0 Å². The van der Waals surface area contributed by atoms with Gasteiger partial charge in [-0.25, -0.2) is 0 Å². The van der Waals surface area contributed by atoms with Crippen LogP contribution in [0.5, 0.6) is 0 Å². The Hall–Kier alpha value is -1.88. The summed E-state index contributed by atoms with van der Waals surface area (Å²) in [6, 6.07) is 5.84. The van der Waals surface area contributed by atoms with Gasteiger partial charge in [0.05, 0.1) is 0 Å². The van der Waals surface area contributed by atoms with Crippen LogP contribution in [-0.2, 0) is 0 Å². The number of hydrogen-bond acceptors (Lipinski definition) is 3. The van der Waals surface area contributed by atoms with Crippen LogP contribution in [0, 0.1) is 0 Å². The van der Waals surface area contributed by atoms with Crippen molar-refractivity contribution >= 4 is 11.8 Å². The second-order valence-corrected chi connectivity index (χ2v) is 4.12. The Bertz CT molecular complexity index is 353. The van der Waals surface area contributed by atoms with Crippen molar-refractivity contribution in [3.05, 3.63) is 35.4 Å². The first kappa shape index (κ1) is 14.2. The van der Waals surface area contributed by atoms with E-state index in [0.29, 0.717) is 11.1 Å². The third-order valence-corrected chi connectivity index (χ3v) is 2.66. The predicted molar refractivity (Wildman–Crippen MR) is 70.2 cm³/mol. The number of amides is 2. The molecular weight excluding hydrogens is 230 g/mol. The Morgan fingerprint density at radius 3 is 1.39 bits per heavy atom. The van der Waals surface area contributed by atoms with Crippen LogP contribution in [-0.4, -0.2) is 24.9 Å². The predicted octanol–water partition coefficient (Wildman–Crippen LogP) is 0.644. The standard InChI is InChI=1S/C8H8N2O2.C5H11N/c9-7(11)5-1-2-6(4-3-5)8(10)12;1-2-4-6-5-3-1/h1-4H,(H2,9,11)(H2,10,12);6H,1-5H2. The number of carbonyl (C=O) groups is 2. The molecule has 0 saturated carbocycles. The monoisotopic (exact) mass is 249 g/mol. The molecule has 5 nitrogen and oxygen atoms in total. The molecule has 0 unspecified atom stereocenters. The number of carbonyl (C=O) groups excluding carboxylic acids is 2. The molecule has 18 heavy (non-hydrogen) atoms. The molecule has 5 N–H and O–H groups in total. The lowest BCUT2D eigenvalue weighted by atomic mass is 10.1. The average molecular weight is 249 g/mol. The number of piperidine rings is 1. The summed E-state index contributed by atoms with van der Waals surface area (Å²) in [7, 11) is 0. The molecule has 1 saturated heterocycles. The highest BCUT2D eigenvalue weighted by atomic mass is 16.1. The van der Waals surface area contributed by atoms with Gasteiger partial charge in [0, 0.05) is 11.1 Å². The minimum Gasteiger partial charge on any atom is -0.366 e. The van der Waals surface area contributed by atoms with Gasteiger partial charge in [0.25, 0.3) is 0 Å². The lowest BCUT2D eigenvalue weighted by Gasteiger charge is -2.08. The fourth-order valence-corrected chi connectivity index (χ4v) is 1.60. The fourth-order valence-electron chi connectivity index (χ4n) is 1.60. The summed E-state index contributed by atoms with van der Waals surface area (Å²) in [5, 5.41) is 3.28. The van der Waals surface area contributed by atoms with E-state index >= 15 is 0 Å². The summed E-state index contributed by atoms with van der Waals surface area (Å²) >= 11 is 0. The van der Waals surface area contributed by atoms with E-state index in [1.165, 1.54) is 56.6 Å². The highest BCUT2D eigenvalue weighted by Crippen LogP contribution is 2.02. The smallest absolute Gasteiger partial charge is 0.248 e. The van der Waals surface area contributed by atoms with E-state index in [1.54, 1.807) is 0 Å². The molecule has 5 heteroatoms. The molecule has 1 aromatic carbocycles. The normalized spacial score (nSPS) is 14.2. The third-order valence-electron chi connectivity index (χ3n) is 2.66. The zero-order chi connectivity index (χ0) is 13.4. The second kappa shape index (κ2) is 7.45. The summed E-state index contributed by atoms with van der Waals surface area (Å²) in [6.07, 6.45) is 4.22. The highest BCUT2D eigenvalue weighted by molar-refractivity contribution is 5.96. The Labute approximate surface area is 107 Å². The molecule has 1 aliphatic heterocycles. The molecular formula is C13H19N3O2. The Balaban J connectivity index is 0.000000225. The molecule has 0 bridgehead atoms. The third kappa shape index (κ3) is 4.97. The molecule has 1 aromatic rings. The zero-order valence-electron chi connectivity index (χ0n) is 10.3. The summed E-state index contributed by atoms with van der Waals surface area (Å²) < 4.78 is 0. The first-order valence-electron chi connectivity index (χ1n) is 6.01. The van der Waals surface area contributed by atoms with Crippen LogP contribution < -0.4 is 16.8 Å². The molecule has 0 spiro atoms. The highest BCUT2D eigenvalue weighted by Gasteiger charge is 2.02. The quantitative estimate of drug-likeness (QED) is 0.717. The minimum absolute atomic E-state index is 0.361. The Kier molecular flexibility index (Phi) is 5.87. The maximum atomic E-state index is 10.6. The van der Waals surface area contributed by atoms with E-state index in [9.17, 15) is 9.59 Å². The fraction of sp³-hybridized carbons (Fsp3) is 0.385. The van der Waals surface area contributed by atoms with Gasteiger partial charge in [-0.15, -0.1) is 0 Å². The van der Waals surface area contributed by atoms with Gasteiger partial charge in [0.1, 0.15) is 0 Å². The largest absolute Gasteiger partial charge is 0.366 e. The zero-order valence-corrected chi connectivity index (χ0v) is 10.3. The van der Waals surface area contributed by atoms with Crippen LogP contribution in [0.3, 0.4) is 0 Å². The van der Waals surface area contributed by atoms with Crippen LogP contribution in [0.25, 0.3) is 0 Å². The van der Waals surface area contributed by atoms with Crippen molar-refractivity contribution in [1.29, 1.82) is 0 Å². The maximum absolute atomic E-state index is 10.6. The SMILES string of the molecule is C1CCNCC1.NC(=O)c1ccc(C(N)=O)cc1. The lowest BCUT2D eigenvalue weighted by Crippen LogP contribution is -2.21. The van der Waals surface area contributed by atoms with E-state index in [-0.39, 0.29) is 0 Å². The molecule has 98 valence electrons. The van der Waals surface area contributed by atoms with Gasteiger partial charge >= 0.3 is 0 Å². The number of nitrogens with one attached hydrogen (secondary N) is 1. The van der Waals surface area contributed by atoms with Gasteiger partial charge in [-0.1, -0.05) is 6.42 Å². The summed E-state index contributed by atoms with van der Waals surface area (Å²) in [5.41, 5.74) is 10.7. The molecule has 2 rings (SSSR count). The van der Waals surface area contributed by atoms with Crippen LogP contribution in [0.2, 0.25) is 0 Å². The van der Waals surface area contributed by atoms with E-state index in [0.717, 1.165) is 0 Å². The number of primary amides is 2. The van der Waals surface area contributed by atoms with Crippen molar-refractivity contribution in [2.45, 2.75) is 19.3 Å². The molecule has 0 aromatic heterocycles. The number of benzene rings is 1. The van der Waals surface area contributed by atoms with E-state index in [1.807, 2.05) is 0 Å². The van der Waals surface area contributed by atoms with Gasteiger partial charge in [0.15, 0.2) is 0 Å². The molecule has 1 fully saturated rings. The number of nitrogens with two attached hydrogens (primary N) is 2. The van der Waals surface area contributed by atoms with Crippen molar-refractivity contribution < 1.29 is 9.59 Å². The van der Waals surface area contributed by atoms with Gasteiger partial charge in [-0.05, 0) is 50.2 Å². The van der Waals surface area contributed by atoms with Crippen molar-refractivity contribution in [3.63, 3.8) is 0 Å². The molecule has 2 amide bonds. The Morgan fingerprint density at radius 1 is 0.833 bits per heavy atom. The van der Waals surface area contributed by atoms with E-state index in [4.69, 9.17) is 11.5 Å².